The van der Waals surface area contributed by atoms with Gasteiger partial charge in [-0.05, 0) is 43.3 Å². The molecule has 0 aromatic rings. The van der Waals surface area contributed by atoms with Gasteiger partial charge in [0.05, 0.1) is 0 Å². The van der Waals surface area contributed by atoms with E-state index < -0.39 is 0 Å². The first-order chi connectivity index (χ1) is 6.57. The molecule has 1 aliphatic heterocycles. The summed E-state index contributed by atoms with van der Waals surface area (Å²) in [4.78, 5) is 2.33. The van der Waals surface area contributed by atoms with E-state index in [0.29, 0.717) is 11.5 Å². The molecule has 1 saturated carbocycles. The first kappa shape index (κ1) is 10.2. The molecule has 0 aromatic carbocycles. The minimum Gasteiger partial charge on any atom is -0.360 e. The van der Waals surface area contributed by atoms with Gasteiger partial charge in [-0.2, -0.15) is 0 Å². The normalized spacial score (nSPS) is 26.0. The Morgan fingerprint density at radius 3 is 2.36 bits per heavy atom. The van der Waals surface area contributed by atoms with Crippen LogP contribution in [-0.2, 0) is 0 Å². The first-order valence-electron chi connectivity index (χ1n) is 5.62. The third-order valence-electron chi connectivity index (χ3n) is 3.31. The molecule has 2 fully saturated rings. The highest BCUT2D eigenvalue weighted by Gasteiger charge is 2.28. The van der Waals surface area contributed by atoms with Crippen molar-refractivity contribution < 1.29 is 0 Å². The predicted molar refractivity (Wildman–Crippen MR) is 63.3 cm³/mol. The molecule has 0 radical (unpaired) electrons. The van der Waals surface area contributed by atoms with Gasteiger partial charge in [-0.25, -0.2) is 0 Å². The van der Waals surface area contributed by atoms with Gasteiger partial charge in [0.15, 0.2) is 5.11 Å². The molecule has 1 N–H and O–H groups in total. The lowest BCUT2D eigenvalue weighted by Gasteiger charge is -2.38. The van der Waals surface area contributed by atoms with Gasteiger partial charge in [0.1, 0.15) is 0 Å². The molecule has 1 aliphatic carbocycles. The van der Waals surface area contributed by atoms with Gasteiger partial charge in [0.2, 0.25) is 0 Å². The number of rotatable bonds is 1. The fraction of sp³-hybridized carbons (Fsp3) is 0.909. The molecule has 0 spiro atoms. The van der Waals surface area contributed by atoms with E-state index in [0.717, 1.165) is 18.2 Å². The van der Waals surface area contributed by atoms with Crippen LogP contribution in [0.4, 0.5) is 0 Å². The first-order valence-corrected chi connectivity index (χ1v) is 6.03. The second kappa shape index (κ2) is 3.69. The standard InChI is InChI=1S/C11H20N2S/c1-11(2)5-7-13(8-6-11)10(14)12-9-3-4-9/h9H,3-8H2,1-2H3,(H,12,14). The number of likely N-dealkylation sites (tertiary alicyclic amines) is 1. The Morgan fingerprint density at radius 1 is 1.29 bits per heavy atom. The summed E-state index contributed by atoms with van der Waals surface area (Å²) in [5.41, 5.74) is 0.520. The molecule has 0 unspecified atom stereocenters. The Bertz CT molecular complexity index is 223. The van der Waals surface area contributed by atoms with Crippen LogP contribution in [-0.4, -0.2) is 29.1 Å². The fourth-order valence-electron chi connectivity index (χ4n) is 1.81. The Kier molecular flexibility index (Phi) is 2.69. The Labute approximate surface area is 92.0 Å². The van der Waals surface area contributed by atoms with Crippen molar-refractivity contribution in [3.63, 3.8) is 0 Å². The van der Waals surface area contributed by atoms with Crippen LogP contribution in [0.3, 0.4) is 0 Å². The zero-order valence-electron chi connectivity index (χ0n) is 9.18. The summed E-state index contributed by atoms with van der Waals surface area (Å²) in [7, 11) is 0. The maximum Gasteiger partial charge on any atom is 0.169 e. The van der Waals surface area contributed by atoms with Crippen molar-refractivity contribution in [2.24, 2.45) is 5.41 Å². The Hall–Kier alpha value is -0.310. The maximum atomic E-state index is 5.38. The lowest BCUT2D eigenvalue weighted by molar-refractivity contribution is 0.187. The molecule has 0 bridgehead atoms. The highest BCUT2D eigenvalue weighted by Crippen LogP contribution is 2.30. The van der Waals surface area contributed by atoms with Gasteiger partial charge >= 0.3 is 0 Å². The number of hydrogen-bond donors (Lipinski definition) is 1. The van der Waals surface area contributed by atoms with E-state index in [1.807, 2.05) is 0 Å². The molecule has 0 aromatic heterocycles. The van der Waals surface area contributed by atoms with Gasteiger partial charge < -0.3 is 10.2 Å². The van der Waals surface area contributed by atoms with Crippen LogP contribution in [0.25, 0.3) is 0 Å². The summed E-state index contributed by atoms with van der Waals surface area (Å²) < 4.78 is 0. The molecule has 0 atom stereocenters. The van der Waals surface area contributed by atoms with Gasteiger partial charge in [0.25, 0.3) is 0 Å². The summed E-state index contributed by atoms with van der Waals surface area (Å²) in [6.45, 7) is 6.96. The minimum atomic E-state index is 0.520. The smallest absolute Gasteiger partial charge is 0.169 e. The summed E-state index contributed by atoms with van der Waals surface area (Å²) in [6.07, 6.45) is 5.14. The average molecular weight is 212 g/mol. The van der Waals surface area contributed by atoms with E-state index in [1.165, 1.54) is 25.7 Å². The maximum absolute atomic E-state index is 5.38. The summed E-state index contributed by atoms with van der Waals surface area (Å²) >= 11 is 5.38. The Balaban J connectivity index is 1.79. The summed E-state index contributed by atoms with van der Waals surface area (Å²) in [6, 6.07) is 0.692. The monoisotopic (exact) mass is 212 g/mol. The van der Waals surface area contributed by atoms with Crippen LogP contribution >= 0.6 is 12.2 Å². The van der Waals surface area contributed by atoms with E-state index in [9.17, 15) is 0 Å². The predicted octanol–water partition coefficient (Wildman–Crippen LogP) is 2.15. The lowest BCUT2D eigenvalue weighted by Crippen LogP contribution is -2.46. The van der Waals surface area contributed by atoms with Crippen molar-refractivity contribution in [1.82, 2.24) is 10.2 Å². The molecule has 80 valence electrons. The molecular formula is C11H20N2S. The van der Waals surface area contributed by atoms with Crippen LogP contribution in [0.1, 0.15) is 39.5 Å². The number of thiocarbonyl (C=S) groups is 1. The van der Waals surface area contributed by atoms with E-state index in [-0.39, 0.29) is 0 Å². The third kappa shape index (κ3) is 2.59. The minimum absolute atomic E-state index is 0.520. The van der Waals surface area contributed by atoms with Gasteiger partial charge in [-0.1, -0.05) is 13.8 Å². The third-order valence-corrected chi connectivity index (χ3v) is 3.69. The highest BCUT2D eigenvalue weighted by molar-refractivity contribution is 7.80. The van der Waals surface area contributed by atoms with Crippen LogP contribution in [0, 0.1) is 5.41 Å². The second-order valence-corrected chi connectivity index (χ2v) is 5.76. The van der Waals surface area contributed by atoms with E-state index >= 15 is 0 Å². The average Bonchev–Trinajstić information content (AvgIpc) is 2.88. The van der Waals surface area contributed by atoms with Gasteiger partial charge in [-0.15, -0.1) is 0 Å². The van der Waals surface area contributed by atoms with Crippen LogP contribution in [0.2, 0.25) is 0 Å². The molecule has 2 nitrogen and oxygen atoms in total. The van der Waals surface area contributed by atoms with Crippen molar-refractivity contribution in [3.8, 4) is 0 Å². The molecular weight excluding hydrogens is 192 g/mol. The number of nitrogens with zero attached hydrogens (tertiary/aromatic N) is 1. The van der Waals surface area contributed by atoms with Crippen molar-refractivity contribution in [2.45, 2.75) is 45.6 Å². The molecule has 14 heavy (non-hydrogen) atoms. The van der Waals surface area contributed by atoms with Crippen LogP contribution in [0.15, 0.2) is 0 Å². The molecule has 2 rings (SSSR count). The number of nitrogens with one attached hydrogen (secondary N) is 1. The fourth-order valence-corrected chi connectivity index (χ4v) is 2.16. The van der Waals surface area contributed by atoms with E-state index in [1.54, 1.807) is 0 Å². The van der Waals surface area contributed by atoms with Gasteiger partial charge in [-0.3, -0.25) is 0 Å². The molecule has 1 heterocycles. The quantitative estimate of drug-likeness (QED) is 0.671. The van der Waals surface area contributed by atoms with Crippen LogP contribution in [0.5, 0.6) is 0 Å². The highest BCUT2D eigenvalue weighted by atomic mass is 32.1. The Morgan fingerprint density at radius 2 is 1.86 bits per heavy atom. The molecule has 2 aliphatic rings. The topological polar surface area (TPSA) is 15.3 Å². The van der Waals surface area contributed by atoms with Crippen molar-refractivity contribution in [1.29, 1.82) is 0 Å². The summed E-state index contributed by atoms with van der Waals surface area (Å²) in [5, 5.41) is 4.40. The largest absolute Gasteiger partial charge is 0.360 e. The van der Waals surface area contributed by atoms with E-state index in [2.05, 4.69) is 24.1 Å². The van der Waals surface area contributed by atoms with E-state index in [4.69, 9.17) is 12.2 Å². The zero-order chi connectivity index (χ0) is 10.2. The van der Waals surface area contributed by atoms with Crippen molar-refractivity contribution >= 4 is 17.3 Å². The zero-order valence-corrected chi connectivity index (χ0v) is 9.99. The lowest BCUT2D eigenvalue weighted by atomic mass is 9.83. The molecule has 0 amide bonds. The molecule has 3 heteroatoms. The number of piperidine rings is 1. The second-order valence-electron chi connectivity index (χ2n) is 5.38. The SMILES string of the molecule is CC1(C)CCN(C(=S)NC2CC2)CC1. The summed E-state index contributed by atoms with van der Waals surface area (Å²) in [5.74, 6) is 0. The van der Waals surface area contributed by atoms with Crippen molar-refractivity contribution in [3.05, 3.63) is 0 Å². The number of hydrogen-bond acceptors (Lipinski definition) is 1. The van der Waals surface area contributed by atoms with Crippen molar-refractivity contribution in [2.75, 3.05) is 13.1 Å². The van der Waals surface area contributed by atoms with Crippen LogP contribution < -0.4 is 5.32 Å². The van der Waals surface area contributed by atoms with Gasteiger partial charge in [0, 0.05) is 19.1 Å². The molecule has 1 saturated heterocycles.